The van der Waals surface area contributed by atoms with Crippen LogP contribution in [0.5, 0.6) is 0 Å². The molecule has 136 valence electrons. The molecule has 1 aromatic carbocycles. The van der Waals surface area contributed by atoms with Gasteiger partial charge in [0.25, 0.3) is 0 Å². The van der Waals surface area contributed by atoms with Crippen LogP contribution in [0.3, 0.4) is 0 Å². The number of alkyl carbamates (subject to hydrolysis) is 1. The Kier molecular flexibility index (Phi) is 8.00. The van der Waals surface area contributed by atoms with E-state index in [1.165, 1.54) is 5.56 Å². The van der Waals surface area contributed by atoms with E-state index in [4.69, 9.17) is 16.3 Å². The van der Waals surface area contributed by atoms with Gasteiger partial charge in [-0.1, -0.05) is 30.2 Å². The fourth-order valence-corrected chi connectivity index (χ4v) is 2.44. The molecule has 0 aliphatic rings. The second kappa shape index (κ2) is 9.25. The zero-order chi connectivity index (χ0) is 18.2. The molecule has 1 aromatic rings. The summed E-state index contributed by atoms with van der Waals surface area (Å²) in [5.41, 5.74) is -0.518. The molecular weight excluding hydrogens is 330 g/mol. The Balaban J connectivity index is 2.49. The van der Waals surface area contributed by atoms with Gasteiger partial charge in [-0.15, -0.1) is 0 Å². The van der Waals surface area contributed by atoms with Crippen molar-refractivity contribution >= 4 is 17.7 Å². The molecule has 6 heteroatoms. The molecule has 3 N–H and O–H groups in total. The Labute approximate surface area is 149 Å². The summed E-state index contributed by atoms with van der Waals surface area (Å²) in [5, 5.41) is 22.6. The number of amides is 1. The number of hydrogen-bond acceptors (Lipinski definition) is 4. The predicted molar refractivity (Wildman–Crippen MR) is 95.3 cm³/mol. The molecule has 0 atom stereocenters. The second-order valence-electron chi connectivity index (χ2n) is 7.06. The molecule has 24 heavy (non-hydrogen) atoms. The molecule has 5 nitrogen and oxygen atoms in total. The first-order valence-corrected chi connectivity index (χ1v) is 8.55. The third kappa shape index (κ3) is 7.51. The van der Waals surface area contributed by atoms with Gasteiger partial charge in [0.1, 0.15) is 5.60 Å². The number of aliphatic hydroxyl groups is 2. The summed E-state index contributed by atoms with van der Waals surface area (Å²) in [7, 11) is 0. The highest BCUT2D eigenvalue weighted by Gasteiger charge is 2.32. The van der Waals surface area contributed by atoms with Gasteiger partial charge in [0, 0.05) is 5.02 Å². The monoisotopic (exact) mass is 357 g/mol. The van der Waals surface area contributed by atoms with Crippen molar-refractivity contribution < 1.29 is 19.7 Å². The van der Waals surface area contributed by atoms with E-state index < -0.39 is 17.2 Å². The number of carbonyl (C=O) groups excluding carboxylic acids is 1. The van der Waals surface area contributed by atoms with E-state index in [2.05, 4.69) is 5.32 Å². The van der Waals surface area contributed by atoms with Crippen LogP contribution in [0.2, 0.25) is 5.02 Å². The number of aliphatic hydroxyl groups excluding tert-OH is 2. The van der Waals surface area contributed by atoms with E-state index in [-0.39, 0.29) is 13.2 Å². The van der Waals surface area contributed by atoms with Crippen LogP contribution in [0.15, 0.2) is 24.3 Å². The Morgan fingerprint density at radius 2 is 1.71 bits per heavy atom. The molecule has 0 saturated carbocycles. The number of nitrogens with one attached hydrogen (secondary N) is 1. The molecular formula is C18H28ClNO4. The van der Waals surface area contributed by atoms with Gasteiger partial charge in [0.2, 0.25) is 0 Å². The zero-order valence-electron chi connectivity index (χ0n) is 14.6. The normalized spacial score (nSPS) is 12.1. The van der Waals surface area contributed by atoms with Gasteiger partial charge in [-0.3, -0.25) is 0 Å². The average Bonchev–Trinajstić information content (AvgIpc) is 2.50. The first-order chi connectivity index (χ1) is 11.2. The largest absolute Gasteiger partial charge is 0.444 e. The summed E-state index contributed by atoms with van der Waals surface area (Å²) < 4.78 is 5.20. The molecule has 0 aliphatic carbocycles. The second-order valence-corrected chi connectivity index (χ2v) is 7.49. The summed E-state index contributed by atoms with van der Waals surface area (Å²) in [6, 6.07) is 7.67. The summed E-state index contributed by atoms with van der Waals surface area (Å²) in [6.07, 6.45) is 2.32. The van der Waals surface area contributed by atoms with Gasteiger partial charge in [-0.2, -0.15) is 0 Å². The van der Waals surface area contributed by atoms with Crippen molar-refractivity contribution in [2.24, 2.45) is 0 Å². The molecule has 1 amide bonds. The molecule has 0 saturated heterocycles. The Morgan fingerprint density at radius 3 is 2.21 bits per heavy atom. The quantitative estimate of drug-likeness (QED) is 0.624. The lowest BCUT2D eigenvalue weighted by Crippen LogP contribution is -2.55. The number of rotatable bonds is 8. The average molecular weight is 358 g/mol. The molecule has 0 fully saturated rings. The Morgan fingerprint density at radius 1 is 1.12 bits per heavy atom. The molecule has 0 aromatic heterocycles. The van der Waals surface area contributed by atoms with Crippen molar-refractivity contribution in [1.29, 1.82) is 0 Å². The van der Waals surface area contributed by atoms with E-state index in [1.54, 1.807) is 20.8 Å². The van der Waals surface area contributed by atoms with E-state index in [1.807, 2.05) is 24.3 Å². The van der Waals surface area contributed by atoms with Gasteiger partial charge in [0.05, 0.1) is 18.8 Å². The number of halogens is 1. The van der Waals surface area contributed by atoms with Crippen LogP contribution in [0.25, 0.3) is 0 Å². The van der Waals surface area contributed by atoms with Gasteiger partial charge in [-0.25, -0.2) is 4.79 Å². The number of hydrogen-bond donors (Lipinski definition) is 3. The van der Waals surface area contributed by atoms with Crippen molar-refractivity contribution in [1.82, 2.24) is 5.32 Å². The SMILES string of the molecule is CC(C)(C)OC(=O)NC(CO)(CO)CCCCc1ccc(Cl)cc1. The van der Waals surface area contributed by atoms with Crippen LogP contribution in [0, 0.1) is 0 Å². The van der Waals surface area contributed by atoms with E-state index in [9.17, 15) is 15.0 Å². The Hall–Kier alpha value is -1.30. The third-order valence-corrected chi connectivity index (χ3v) is 3.91. The van der Waals surface area contributed by atoms with Crippen molar-refractivity contribution in [3.05, 3.63) is 34.9 Å². The van der Waals surface area contributed by atoms with Gasteiger partial charge in [0.15, 0.2) is 0 Å². The highest BCUT2D eigenvalue weighted by molar-refractivity contribution is 6.30. The number of unbranched alkanes of at least 4 members (excludes halogenated alkanes) is 1. The first-order valence-electron chi connectivity index (χ1n) is 8.17. The number of benzene rings is 1. The predicted octanol–water partition coefficient (Wildman–Crippen LogP) is 3.30. The summed E-state index contributed by atoms with van der Waals surface area (Å²) in [5.74, 6) is 0. The number of carbonyl (C=O) groups is 1. The summed E-state index contributed by atoms with van der Waals surface area (Å²) in [6.45, 7) is 4.60. The van der Waals surface area contributed by atoms with Gasteiger partial charge in [-0.05, 0) is 57.7 Å². The van der Waals surface area contributed by atoms with Crippen molar-refractivity contribution in [2.45, 2.75) is 57.6 Å². The van der Waals surface area contributed by atoms with Crippen molar-refractivity contribution in [2.75, 3.05) is 13.2 Å². The van der Waals surface area contributed by atoms with Crippen molar-refractivity contribution in [3.63, 3.8) is 0 Å². The summed E-state index contributed by atoms with van der Waals surface area (Å²) >= 11 is 5.86. The molecule has 0 spiro atoms. The topological polar surface area (TPSA) is 78.8 Å². The smallest absolute Gasteiger partial charge is 0.408 e. The Bertz CT molecular complexity index is 507. The lowest BCUT2D eigenvalue weighted by atomic mass is 9.93. The highest BCUT2D eigenvalue weighted by Crippen LogP contribution is 2.18. The first kappa shape index (κ1) is 20.7. The minimum Gasteiger partial charge on any atom is -0.444 e. The minimum atomic E-state index is -1.07. The van der Waals surface area contributed by atoms with Crippen molar-refractivity contribution in [3.8, 4) is 0 Å². The van der Waals surface area contributed by atoms with Gasteiger partial charge >= 0.3 is 6.09 Å². The lowest BCUT2D eigenvalue weighted by molar-refractivity contribution is 0.0270. The van der Waals surface area contributed by atoms with Crippen LogP contribution in [0.1, 0.15) is 45.6 Å². The van der Waals surface area contributed by atoms with Crippen LogP contribution in [-0.4, -0.2) is 40.7 Å². The number of aryl methyl sites for hydroxylation is 1. The fraction of sp³-hybridized carbons (Fsp3) is 0.611. The van der Waals surface area contributed by atoms with E-state index in [0.29, 0.717) is 11.4 Å². The summed E-state index contributed by atoms with van der Waals surface area (Å²) in [4.78, 5) is 11.9. The zero-order valence-corrected chi connectivity index (χ0v) is 15.4. The fourth-order valence-electron chi connectivity index (χ4n) is 2.31. The third-order valence-electron chi connectivity index (χ3n) is 3.66. The molecule has 0 radical (unpaired) electrons. The minimum absolute atomic E-state index is 0.344. The standard InChI is InChI=1S/C18H28ClNO4/c1-17(2,3)24-16(23)20-18(12-21,13-22)11-5-4-6-14-7-9-15(19)10-8-14/h7-10,21-22H,4-6,11-13H2,1-3H3,(H,20,23). The highest BCUT2D eigenvalue weighted by atomic mass is 35.5. The van der Waals surface area contributed by atoms with Crippen LogP contribution < -0.4 is 5.32 Å². The lowest BCUT2D eigenvalue weighted by Gasteiger charge is -2.32. The van der Waals surface area contributed by atoms with E-state index in [0.717, 1.165) is 19.3 Å². The molecule has 0 unspecified atom stereocenters. The molecule has 0 heterocycles. The number of ether oxygens (including phenoxy) is 1. The molecule has 0 bridgehead atoms. The van der Waals surface area contributed by atoms with Crippen LogP contribution >= 0.6 is 11.6 Å². The van der Waals surface area contributed by atoms with E-state index >= 15 is 0 Å². The van der Waals surface area contributed by atoms with Crippen LogP contribution in [0.4, 0.5) is 4.79 Å². The maximum atomic E-state index is 11.9. The maximum absolute atomic E-state index is 11.9. The van der Waals surface area contributed by atoms with Crippen LogP contribution in [-0.2, 0) is 11.2 Å². The van der Waals surface area contributed by atoms with Gasteiger partial charge < -0.3 is 20.3 Å². The molecule has 0 aliphatic heterocycles. The molecule has 1 rings (SSSR count). The maximum Gasteiger partial charge on any atom is 0.408 e.